The van der Waals surface area contributed by atoms with E-state index in [2.05, 4.69) is 0 Å². The average Bonchev–Trinajstić information content (AvgIpc) is 2.27. The van der Waals surface area contributed by atoms with Crippen molar-refractivity contribution in [3.63, 3.8) is 0 Å². The molecule has 1 atom stereocenters. The molecule has 5 heteroatoms. The third kappa shape index (κ3) is 4.58. The number of rotatable bonds is 6. The van der Waals surface area contributed by atoms with E-state index < -0.39 is 6.10 Å². The summed E-state index contributed by atoms with van der Waals surface area (Å²) in [5.41, 5.74) is 0. The molecule has 1 N–H and O–H groups in total. The summed E-state index contributed by atoms with van der Waals surface area (Å²) in [5.74, 6) is 0.463. The summed E-state index contributed by atoms with van der Waals surface area (Å²) in [4.78, 5) is 0. The first kappa shape index (κ1) is 13.6. The van der Waals surface area contributed by atoms with Crippen LogP contribution in [0.4, 0.5) is 0 Å². The zero-order valence-electron chi connectivity index (χ0n) is 8.95. The standard InChI is InChI=1S/C11H14Cl2O3/c1-2-15-6-9(14)7-16-11-5-8(12)3-4-10(11)13/h3-5,9,14H,2,6-7H2,1H3. The van der Waals surface area contributed by atoms with Gasteiger partial charge in [0.1, 0.15) is 18.5 Å². The summed E-state index contributed by atoms with van der Waals surface area (Å²) in [6.07, 6.45) is -0.671. The normalized spacial score (nSPS) is 12.5. The van der Waals surface area contributed by atoms with Crippen LogP contribution in [0.25, 0.3) is 0 Å². The summed E-state index contributed by atoms with van der Waals surface area (Å²) >= 11 is 11.7. The summed E-state index contributed by atoms with van der Waals surface area (Å²) in [5, 5.41) is 10.5. The Hall–Kier alpha value is -0.480. The lowest BCUT2D eigenvalue weighted by molar-refractivity contribution is 0.0165. The Morgan fingerprint density at radius 2 is 2.06 bits per heavy atom. The van der Waals surface area contributed by atoms with Crippen molar-refractivity contribution in [2.24, 2.45) is 0 Å². The second-order valence-corrected chi connectivity index (χ2v) is 4.04. The molecule has 90 valence electrons. The van der Waals surface area contributed by atoms with E-state index in [1.54, 1.807) is 18.2 Å². The lowest BCUT2D eigenvalue weighted by Gasteiger charge is -2.13. The monoisotopic (exact) mass is 264 g/mol. The second-order valence-electron chi connectivity index (χ2n) is 3.20. The van der Waals surface area contributed by atoms with Crippen molar-refractivity contribution in [2.45, 2.75) is 13.0 Å². The Kier molecular flexibility index (Phi) is 5.91. The predicted octanol–water partition coefficient (Wildman–Crippen LogP) is 2.77. The van der Waals surface area contributed by atoms with Crippen LogP contribution < -0.4 is 4.74 Å². The molecule has 0 aliphatic carbocycles. The Morgan fingerprint density at radius 1 is 1.31 bits per heavy atom. The van der Waals surface area contributed by atoms with E-state index in [4.69, 9.17) is 32.7 Å². The van der Waals surface area contributed by atoms with Crippen molar-refractivity contribution in [2.75, 3.05) is 19.8 Å². The fraction of sp³-hybridized carbons (Fsp3) is 0.455. The van der Waals surface area contributed by atoms with Crippen molar-refractivity contribution < 1.29 is 14.6 Å². The summed E-state index contributed by atoms with van der Waals surface area (Å²) in [7, 11) is 0. The van der Waals surface area contributed by atoms with Gasteiger partial charge in [0.05, 0.1) is 11.6 Å². The van der Waals surface area contributed by atoms with Crippen LogP contribution in [-0.4, -0.2) is 31.0 Å². The maximum Gasteiger partial charge on any atom is 0.139 e. The molecule has 0 fully saturated rings. The molecule has 1 unspecified atom stereocenters. The minimum atomic E-state index is -0.671. The summed E-state index contributed by atoms with van der Waals surface area (Å²) in [6.45, 7) is 2.80. The smallest absolute Gasteiger partial charge is 0.139 e. The molecule has 1 aromatic rings. The number of hydrogen-bond donors (Lipinski definition) is 1. The molecule has 3 nitrogen and oxygen atoms in total. The predicted molar refractivity (Wildman–Crippen MR) is 64.5 cm³/mol. The van der Waals surface area contributed by atoms with Gasteiger partial charge in [-0.3, -0.25) is 0 Å². The third-order valence-electron chi connectivity index (χ3n) is 1.84. The van der Waals surface area contributed by atoms with Gasteiger partial charge in [0, 0.05) is 17.7 Å². The lowest BCUT2D eigenvalue weighted by atomic mass is 10.3. The first-order valence-electron chi connectivity index (χ1n) is 4.97. The molecule has 0 aliphatic heterocycles. The minimum absolute atomic E-state index is 0.125. The van der Waals surface area contributed by atoms with Gasteiger partial charge in [-0.2, -0.15) is 0 Å². The molecule has 0 saturated heterocycles. The molecular weight excluding hydrogens is 251 g/mol. The molecule has 0 saturated carbocycles. The fourth-order valence-corrected chi connectivity index (χ4v) is 1.41. The van der Waals surface area contributed by atoms with Crippen molar-refractivity contribution in [3.8, 4) is 5.75 Å². The van der Waals surface area contributed by atoms with Crippen LogP contribution in [0.1, 0.15) is 6.92 Å². The van der Waals surface area contributed by atoms with E-state index in [1.807, 2.05) is 6.92 Å². The van der Waals surface area contributed by atoms with Crippen LogP contribution in [0, 0.1) is 0 Å². The number of ether oxygens (including phenoxy) is 2. The number of hydrogen-bond acceptors (Lipinski definition) is 3. The zero-order valence-corrected chi connectivity index (χ0v) is 10.5. The van der Waals surface area contributed by atoms with E-state index >= 15 is 0 Å². The van der Waals surface area contributed by atoms with Gasteiger partial charge in [-0.1, -0.05) is 23.2 Å². The molecule has 0 bridgehead atoms. The fourth-order valence-electron chi connectivity index (χ4n) is 1.08. The van der Waals surface area contributed by atoms with Crippen LogP contribution in [0.15, 0.2) is 18.2 Å². The SMILES string of the molecule is CCOCC(O)COc1cc(Cl)ccc1Cl. The van der Waals surface area contributed by atoms with Crippen molar-refractivity contribution in [1.29, 1.82) is 0 Å². The second kappa shape index (κ2) is 6.97. The first-order valence-corrected chi connectivity index (χ1v) is 5.72. The Balaban J connectivity index is 2.44. The van der Waals surface area contributed by atoms with Crippen LogP contribution in [0.2, 0.25) is 10.0 Å². The maximum atomic E-state index is 9.48. The number of halogens is 2. The highest BCUT2D eigenvalue weighted by Gasteiger charge is 2.07. The molecule has 16 heavy (non-hydrogen) atoms. The van der Waals surface area contributed by atoms with Crippen LogP contribution in [0.3, 0.4) is 0 Å². The van der Waals surface area contributed by atoms with Gasteiger partial charge in [-0.25, -0.2) is 0 Å². The van der Waals surface area contributed by atoms with Gasteiger partial charge in [-0.05, 0) is 19.1 Å². The number of aliphatic hydroxyl groups is 1. The highest BCUT2D eigenvalue weighted by molar-refractivity contribution is 6.34. The molecule has 1 aromatic carbocycles. The van der Waals surface area contributed by atoms with Crippen molar-refractivity contribution in [3.05, 3.63) is 28.2 Å². The quantitative estimate of drug-likeness (QED) is 0.859. The highest BCUT2D eigenvalue weighted by atomic mass is 35.5. The lowest BCUT2D eigenvalue weighted by Crippen LogP contribution is -2.23. The zero-order chi connectivity index (χ0) is 12.0. The Morgan fingerprint density at radius 3 is 2.75 bits per heavy atom. The largest absolute Gasteiger partial charge is 0.489 e. The van der Waals surface area contributed by atoms with E-state index in [9.17, 15) is 5.11 Å². The highest BCUT2D eigenvalue weighted by Crippen LogP contribution is 2.27. The maximum absolute atomic E-state index is 9.48. The van der Waals surface area contributed by atoms with Gasteiger partial charge in [0.25, 0.3) is 0 Å². The van der Waals surface area contributed by atoms with E-state index in [0.717, 1.165) is 0 Å². The topological polar surface area (TPSA) is 38.7 Å². The molecule has 0 radical (unpaired) electrons. The molecule has 0 spiro atoms. The van der Waals surface area contributed by atoms with Gasteiger partial charge < -0.3 is 14.6 Å². The number of benzene rings is 1. The summed E-state index contributed by atoms with van der Waals surface area (Å²) < 4.78 is 10.4. The van der Waals surface area contributed by atoms with Gasteiger partial charge in [0.15, 0.2) is 0 Å². The average molecular weight is 265 g/mol. The van der Waals surface area contributed by atoms with Gasteiger partial charge >= 0.3 is 0 Å². The Labute approximate surface area is 105 Å². The van der Waals surface area contributed by atoms with Crippen LogP contribution >= 0.6 is 23.2 Å². The van der Waals surface area contributed by atoms with Crippen LogP contribution in [0.5, 0.6) is 5.75 Å². The minimum Gasteiger partial charge on any atom is -0.489 e. The molecule has 0 aliphatic rings. The molecule has 1 rings (SSSR count). The van der Waals surface area contributed by atoms with E-state index in [0.29, 0.717) is 22.4 Å². The summed E-state index contributed by atoms with van der Waals surface area (Å²) in [6, 6.07) is 4.93. The van der Waals surface area contributed by atoms with Crippen LogP contribution in [-0.2, 0) is 4.74 Å². The Bertz CT molecular complexity index is 331. The first-order chi connectivity index (χ1) is 7.63. The molecular formula is C11H14Cl2O3. The van der Waals surface area contributed by atoms with E-state index in [-0.39, 0.29) is 13.2 Å². The number of aliphatic hydroxyl groups excluding tert-OH is 1. The van der Waals surface area contributed by atoms with Gasteiger partial charge in [-0.15, -0.1) is 0 Å². The third-order valence-corrected chi connectivity index (χ3v) is 2.39. The van der Waals surface area contributed by atoms with E-state index in [1.165, 1.54) is 0 Å². The van der Waals surface area contributed by atoms with Gasteiger partial charge in [0.2, 0.25) is 0 Å². The molecule has 0 aromatic heterocycles. The molecule has 0 heterocycles. The molecule has 0 amide bonds. The van der Waals surface area contributed by atoms with Crippen molar-refractivity contribution >= 4 is 23.2 Å². The van der Waals surface area contributed by atoms with Crippen molar-refractivity contribution in [1.82, 2.24) is 0 Å².